The second-order valence-corrected chi connectivity index (χ2v) is 6.58. The second kappa shape index (κ2) is 8.27. The lowest BCUT2D eigenvalue weighted by Gasteiger charge is -2.35. The number of pyridine rings is 1. The highest BCUT2D eigenvalue weighted by Gasteiger charge is 2.23. The number of rotatable bonds is 7. The number of anilines is 2. The van der Waals surface area contributed by atoms with E-state index in [0.717, 1.165) is 48.2 Å². The van der Waals surface area contributed by atoms with Crippen LogP contribution in [0.15, 0.2) is 36.5 Å². The van der Waals surface area contributed by atoms with Gasteiger partial charge in [0.2, 0.25) is 0 Å². The quantitative estimate of drug-likeness (QED) is 0.759. The van der Waals surface area contributed by atoms with Gasteiger partial charge < -0.3 is 24.0 Å². The van der Waals surface area contributed by atoms with Crippen molar-refractivity contribution in [1.29, 1.82) is 0 Å². The van der Waals surface area contributed by atoms with Gasteiger partial charge in [-0.25, -0.2) is 4.98 Å². The number of hydrogen-bond donors (Lipinski definition) is 0. The second-order valence-electron chi connectivity index (χ2n) is 6.58. The van der Waals surface area contributed by atoms with Crippen LogP contribution in [0, 0.1) is 0 Å². The van der Waals surface area contributed by atoms with Gasteiger partial charge in [-0.2, -0.15) is 0 Å². The largest absolute Gasteiger partial charge is 0.497 e. The van der Waals surface area contributed by atoms with Gasteiger partial charge in [0.05, 0.1) is 25.9 Å². The van der Waals surface area contributed by atoms with E-state index >= 15 is 0 Å². The summed E-state index contributed by atoms with van der Waals surface area (Å²) in [6, 6.07) is 10.1. The first-order valence-electron chi connectivity index (χ1n) is 8.85. The van der Waals surface area contributed by atoms with Gasteiger partial charge >= 0.3 is 0 Å². The molecule has 0 radical (unpaired) electrons. The fourth-order valence-corrected chi connectivity index (χ4v) is 3.08. The molecule has 1 aromatic carbocycles. The van der Waals surface area contributed by atoms with Gasteiger partial charge in [0.15, 0.2) is 0 Å². The number of nitrogens with zero attached hydrogens (tertiary/aromatic N) is 3. The molecule has 3 rings (SSSR count). The third kappa shape index (κ3) is 4.19. The standard InChI is InChI=1S/C20H27N3O3/c1-15-13-23(18-11-17(25-4)6-7-19(18)26-15)14-16-5-8-20(21-12-16)22(2)9-10-24-3/h5-8,11-12,15H,9-10,13-14H2,1-4H3. The van der Waals surface area contributed by atoms with Crippen LogP contribution in [-0.4, -0.2) is 52.1 Å². The first-order chi connectivity index (χ1) is 12.6. The van der Waals surface area contributed by atoms with Gasteiger partial charge in [-0.3, -0.25) is 0 Å². The Morgan fingerprint density at radius 1 is 1.27 bits per heavy atom. The van der Waals surface area contributed by atoms with Gasteiger partial charge in [0.25, 0.3) is 0 Å². The SMILES string of the molecule is COCCN(C)c1ccc(CN2CC(C)Oc3ccc(OC)cc32)cn1. The number of likely N-dealkylation sites (N-methyl/N-ethyl adjacent to an activating group) is 1. The van der Waals surface area contributed by atoms with Crippen LogP contribution in [0.3, 0.4) is 0 Å². The number of methoxy groups -OCH3 is 2. The average molecular weight is 357 g/mol. The molecule has 2 heterocycles. The maximum absolute atomic E-state index is 5.96. The first kappa shape index (κ1) is 18.3. The molecular formula is C20H27N3O3. The molecule has 1 aliphatic heterocycles. The maximum Gasteiger partial charge on any atom is 0.143 e. The van der Waals surface area contributed by atoms with Crippen LogP contribution in [0.5, 0.6) is 11.5 Å². The predicted molar refractivity (Wildman–Crippen MR) is 104 cm³/mol. The Morgan fingerprint density at radius 3 is 2.81 bits per heavy atom. The molecule has 0 saturated heterocycles. The Morgan fingerprint density at radius 2 is 2.12 bits per heavy atom. The highest BCUT2D eigenvalue weighted by atomic mass is 16.5. The van der Waals surface area contributed by atoms with Gasteiger partial charge in [-0.1, -0.05) is 6.07 Å². The molecule has 0 aliphatic carbocycles. The van der Waals surface area contributed by atoms with Crippen molar-refractivity contribution >= 4 is 11.5 Å². The maximum atomic E-state index is 5.96. The molecule has 26 heavy (non-hydrogen) atoms. The zero-order valence-corrected chi connectivity index (χ0v) is 15.9. The highest BCUT2D eigenvalue weighted by Crippen LogP contribution is 2.37. The number of ether oxygens (including phenoxy) is 3. The molecule has 140 valence electrons. The van der Waals surface area contributed by atoms with E-state index in [0.29, 0.717) is 6.61 Å². The number of benzene rings is 1. The molecule has 1 atom stereocenters. The molecular weight excluding hydrogens is 330 g/mol. The van der Waals surface area contributed by atoms with E-state index in [1.54, 1.807) is 14.2 Å². The van der Waals surface area contributed by atoms with Crippen LogP contribution in [-0.2, 0) is 11.3 Å². The molecule has 1 aromatic heterocycles. The first-order valence-corrected chi connectivity index (χ1v) is 8.85. The molecule has 1 unspecified atom stereocenters. The van der Waals surface area contributed by atoms with E-state index < -0.39 is 0 Å². The lowest BCUT2D eigenvalue weighted by Crippen LogP contribution is -2.38. The minimum atomic E-state index is 0.142. The van der Waals surface area contributed by atoms with Crippen molar-refractivity contribution < 1.29 is 14.2 Å². The van der Waals surface area contributed by atoms with Gasteiger partial charge in [0, 0.05) is 39.5 Å². The van der Waals surface area contributed by atoms with E-state index in [-0.39, 0.29) is 6.10 Å². The summed E-state index contributed by atoms with van der Waals surface area (Å²) in [6.45, 7) is 5.20. The Balaban J connectivity index is 1.75. The van der Waals surface area contributed by atoms with Crippen molar-refractivity contribution in [2.24, 2.45) is 0 Å². The topological polar surface area (TPSA) is 47.1 Å². The van der Waals surface area contributed by atoms with Crippen LogP contribution in [0.25, 0.3) is 0 Å². The molecule has 0 N–H and O–H groups in total. The fraction of sp³-hybridized carbons (Fsp3) is 0.450. The zero-order valence-electron chi connectivity index (χ0n) is 15.9. The van der Waals surface area contributed by atoms with E-state index in [4.69, 9.17) is 14.2 Å². The molecule has 0 spiro atoms. The van der Waals surface area contributed by atoms with Crippen molar-refractivity contribution in [2.75, 3.05) is 50.8 Å². The lowest BCUT2D eigenvalue weighted by atomic mass is 10.1. The summed E-state index contributed by atoms with van der Waals surface area (Å²) < 4.78 is 16.4. The fourth-order valence-electron chi connectivity index (χ4n) is 3.08. The van der Waals surface area contributed by atoms with E-state index in [1.165, 1.54) is 0 Å². The van der Waals surface area contributed by atoms with Crippen molar-refractivity contribution in [2.45, 2.75) is 19.6 Å². The molecule has 6 heteroatoms. The summed E-state index contributed by atoms with van der Waals surface area (Å²) in [5.41, 5.74) is 2.22. The van der Waals surface area contributed by atoms with Crippen molar-refractivity contribution in [3.8, 4) is 11.5 Å². The Bertz CT molecular complexity index is 721. The van der Waals surface area contributed by atoms with Crippen molar-refractivity contribution in [1.82, 2.24) is 4.98 Å². The molecule has 0 saturated carbocycles. The van der Waals surface area contributed by atoms with E-state index in [9.17, 15) is 0 Å². The Kier molecular flexibility index (Phi) is 5.83. The normalized spacial score (nSPS) is 16.0. The van der Waals surface area contributed by atoms with Gasteiger partial charge in [0.1, 0.15) is 23.4 Å². The van der Waals surface area contributed by atoms with E-state index in [1.807, 2.05) is 31.4 Å². The molecule has 2 aromatic rings. The van der Waals surface area contributed by atoms with Crippen LogP contribution in [0.4, 0.5) is 11.5 Å². The lowest BCUT2D eigenvalue weighted by molar-refractivity contribution is 0.206. The summed E-state index contributed by atoms with van der Waals surface area (Å²) >= 11 is 0. The predicted octanol–water partition coefficient (Wildman–Crippen LogP) is 2.96. The monoisotopic (exact) mass is 357 g/mol. The molecule has 1 aliphatic rings. The van der Waals surface area contributed by atoms with Crippen LogP contribution in [0.2, 0.25) is 0 Å². The number of fused-ring (bicyclic) bond motifs is 1. The summed E-state index contributed by atoms with van der Waals surface area (Å²) in [4.78, 5) is 9.00. The summed E-state index contributed by atoms with van der Waals surface area (Å²) in [5, 5.41) is 0. The Hall–Kier alpha value is -2.47. The minimum absolute atomic E-state index is 0.142. The van der Waals surface area contributed by atoms with Crippen molar-refractivity contribution in [3.63, 3.8) is 0 Å². The van der Waals surface area contributed by atoms with Crippen molar-refractivity contribution in [3.05, 3.63) is 42.1 Å². The molecule has 0 fully saturated rings. The number of aromatic nitrogens is 1. The molecule has 0 amide bonds. The van der Waals surface area contributed by atoms with Crippen LogP contribution < -0.4 is 19.3 Å². The molecule has 0 bridgehead atoms. The summed E-state index contributed by atoms with van der Waals surface area (Å²) in [7, 11) is 5.41. The average Bonchev–Trinajstić information content (AvgIpc) is 2.66. The summed E-state index contributed by atoms with van der Waals surface area (Å²) in [5.74, 6) is 2.68. The molecule has 6 nitrogen and oxygen atoms in total. The van der Waals surface area contributed by atoms with E-state index in [2.05, 4.69) is 33.8 Å². The van der Waals surface area contributed by atoms with Gasteiger partial charge in [-0.15, -0.1) is 0 Å². The Labute approximate surface area is 155 Å². The highest BCUT2D eigenvalue weighted by molar-refractivity contribution is 5.63. The third-order valence-corrected chi connectivity index (χ3v) is 4.52. The minimum Gasteiger partial charge on any atom is -0.497 e. The third-order valence-electron chi connectivity index (χ3n) is 4.52. The summed E-state index contributed by atoms with van der Waals surface area (Å²) in [6.07, 6.45) is 2.09. The zero-order chi connectivity index (χ0) is 18.5. The van der Waals surface area contributed by atoms with Crippen LogP contribution in [0.1, 0.15) is 12.5 Å². The smallest absolute Gasteiger partial charge is 0.143 e. The van der Waals surface area contributed by atoms with Crippen LogP contribution >= 0.6 is 0 Å². The van der Waals surface area contributed by atoms with Gasteiger partial charge in [-0.05, 0) is 30.7 Å². The number of hydrogen-bond acceptors (Lipinski definition) is 6.